The summed E-state index contributed by atoms with van der Waals surface area (Å²) in [5, 5.41) is 14.6. The lowest BCUT2D eigenvalue weighted by molar-refractivity contribution is -0.717. The molecule has 0 unspecified atom stereocenters. The number of carboxylic acids is 1. The van der Waals surface area contributed by atoms with E-state index in [1.54, 1.807) is 0 Å². The van der Waals surface area contributed by atoms with E-state index in [1.807, 2.05) is 42.5 Å². The standard InChI is InChI=1S/C20H21N3O2/c1-23(2)13-9-7-12(8-10-13)18-19-15(11-17(22-18)20(24)25)14-5-3-4-6-16(14)21-19/h3-10,17-18,21-22H,11H2,1-2H3,(H,24,25)/t17-,18-/m1/s1. The summed E-state index contributed by atoms with van der Waals surface area (Å²) in [6, 6.07) is 15.7. The van der Waals surface area contributed by atoms with Crippen molar-refractivity contribution < 1.29 is 15.2 Å². The molecule has 1 aliphatic heterocycles. The second-order valence-electron chi connectivity index (χ2n) is 6.85. The molecule has 0 radical (unpaired) electrons. The van der Waals surface area contributed by atoms with Crippen molar-refractivity contribution in [2.24, 2.45) is 0 Å². The van der Waals surface area contributed by atoms with E-state index in [4.69, 9.17) is 0 Å². The number of carbonyl (C=O) groups is 1. The lowest BCUT2D eigenvalue weighted by Crippen LogP contribution is -2.95. The topological polar surface area (TPSA) is 75.8 Å². The number of H-pyrrole nitrogens is 1. The summed E-state index contributed by atoms with van der Waals surface area (Å²) >= 11 is 0. The van der Waals surface area contributed by atoms with Gasteiger partial charge in [-0.05, 0) is 23.8 Å². The number of anilines is 1. The van der Waals surface area contributed by atoms with Gasteiger partial charge < -0.3 is 25.1 Å². The van der Waals surface area contributed by atoms with Crippen LogP contribution >= 0.6 is 0 Å². The number of hydrogen-bond donors (Lipinski definition) is 2. The van der Waals surface area contributed by atoms with Crippen LogP contribution in [0.15, 0.2) is 48.5 Å². The molecule has 0 spiro atoms. The minimum atomic E-state index is -1.01. The van der Waals surface area contributed by atoms with E-state index in [-0.39, 0.29) is 6.04 Å². The van der Waals surface area contributed by atoms with Crippen molar-refractivity contribution in [1.29, 1.82) is 0 Å². The highest BCUT2D eigenvalue weighted by Crippen LogP contribution is 2.32. The Morgan fingerprint density at radius 1 is 1.16 bits per heavy atom. The lowest BCUT2D eigenvalue weighted by atomic mass is 9.90. The van der Waals surface area contributed by atoms with Gasteiger partial charge in [0.25, 0.3) is 0 Å². The second kappa shape index (κ2) is 5.93. The van der Waals surface area contributed by atoms with E-state index in [1.165, 1.54) is 0 Å². The molecule has 0 saturated heterocycles. The highest BCUT2D eigenvalue weighted by molar-refractivity contribution is 5.86. The van der Waals surface area contributed by atoms with Gasteiger partial charge in [0, 0.05) is 42.7 Å². The number of aliphatic carboxylic acids is 1. The number of carbonyl (C=O) groups excluding carboxylic acids is 1. The highest BCUT2D eigenvalue weighted by atomic mass is 16.4. The number of aromatic amines is 1. The van der Waals surface area contributed by atoms with Crippen molar-refractivity contribution in [3.63, 3.8) is 0 Å². The van der Waals surface area contributed by atoms with Crippen molar-refractivity contribution in [1.82, 2.24) is 4.98 Å². The number of nitrogens with zero attached hydrogens (tertiary/aromatic N) is 1. The molecule has 0 fully saturated rings. The average molecular weight is 335 g/mol. The van der Waals surface area contributed by atoms with Crippen LogP contribution in [0.1, 0.15) is 22.9 Å². The first-order chi connectivity index (χ1) is 12.0. The summed E-state index contributed by atoms with van der Waals surface area (Å²) in [6.45, 7) is 0. The normalized spacial score (nSPS) is 19.6. The molecule has 2 atom stereocenters. The fourth-order valence-electron chi connectivity index (χ4n) is 3.74. The number of hydrogen-bond acceptors (Lipinski definition) is 3. The van der Waals surface area contributed by atoms with Crippen LogP contribution in [0.2, 0.25) is 0 Å². The highest BCUT2D eigenvalue weighted by Gasteiger charge is 2.34. The number of quaternary nitrogens is 1. The molecule has 2 heterocycles. The molecule has 128 valence electrons. The maximum Gasteiger partial charge on any atom is 0.153 e. The zero-order valence-corrected chi connectivity index (χ0v) is 14.3. The van der Waals surface area contributed by atoms with E-state index >= 15 is 0 Å². The summed E-state index contributed by atoms with van der Waals surface area (Å²) in [5.41, 5.74) is 5.44. The van der Waals surface area contributed by atoms with Gasteiger partial charge >= 0.3 is 0 Å². The van der Waals surface area contributed by atoms with Crippen LogP contribution in [0.4, 0.5) is 5.69 Å². The van der Waals surface area contributed by atoms with Crippen molar-refractivity contribution in [2.75, 3.05) is 19.0 Å². The van der Waals surface area contributed by atoms with Gasteiger partial charge in [0.15, 0.2) is 6.04 Å². The predicted octanol–water partition coefficient (Wildman–Crippen LogP) is 0.561. The van der Waals surface area contributed by atoms with Crippen molar-refractivity contribution in [3.8, 4) is 0 Å². The summed E-state index contributed by atoms with van der Waals surface area (Å²) < 4.78 is 0. The van der Waals surface area contributed by atoms with Crippen LogP contribution in [-0.4, -0.2) is 31.1 Å². The molecule has 0 aliphatic carbocycles. The first kappa shape index (κ1) is 15.7. The number of benzene rings is 2. The molecule has 3 aromatic rings. The van der Waals surface area contributed by atoms with Crippen molar-refractivity contribution in [3.05, 3.63) is 65.4 Å². The number of para-hydroxylation sites is 1. The fourth-order valence-corrected chi connectivity index (χ4v) is 3.74. The van der Waals surface area contributed by atoms with E-state index in [0.29, 0.717) is 6.42 Å². The van der Waals surface area contributed by atoms with Crippen LogP contribution in [0.3, 0.4) is 0 Å². The monoisotopic (exact) mass is 335 g/mol. The van der Waals surface area contributed by atoms with Gasteiger partial charge in [-0.2, -0.15) is 0 Å². The Morgan fingerprint density at radius 3 is 2.56 bits per heavy atom. The van der Waals surface area contributed by atoms with Gasteiger partial charge in [-0.25, -0.2) is 0 Å². The smallest absolute Gasteiger partial charge is 0.153 e. The molecule has 0 bridgehead atoms. The molecule has 0 saturated carbocycles. The molecule has 1 aromatic heterocycles. The number of nitrogens with one attached hydrogen (secondary N) is 1. The molecule has 5 nitrogen and oxygen atoms in total. The SMILES string of the molecule is CN(C)c1ccc([C@H]2[NH2+][C@@H](C(=O)[O-])Cc3c2[nH]c2ccccc32)cc1. The third-order valence-electron chi connectivity index (χ3n) is 5.08. The molecule has 2 aromatic carbocycles. The van der Waals surface area contributed by atoms with E-state index in [2.05, 4.69) is 35.3 Å². The van der Waals surface area contributed by atoms with Gasteiger partial charge in [0.1, 0.15) is 6.04 Å². The molecule has 0 amide bonds. The first-order valence-electron chi connectivity index (χ1n) is 8.47. The van der Waals surface area contributed by atoms with Gasteiger partial charge in [-0.1, -0.05) is 30.3 Å². The maximum atomic E-state index is 11.6. The molecule has 25 heavy (non-hydrogen) atoms. The summed E-state index contributed by atoms with van der Waals surface area (Å²) in [6.07, 6.45) is 0.480. The molecule has 4 rings (SSSR count). The van der Waals surface area contributed by atoms with Crippen molar-refractivity contribution in [2.45, 2.75) is 18.5 Å². The largest absolute Gasteiger partial charge is 0.544 e. The third kappa shape index (κ3) is 2.66. The van der Waals surface area contributed by atoms with Gasteiger partial charge in [0.2, 0.25) is 0 Å². The lowest BCUT2D eigenvalue weighted by Gasteiger charge is -2.29. The minimum absolute atomic E-state index is 0.0738. The van der Waals surface area contributed by atoms with Crippen LogP contribution in [0, 0.1) is 0 Å². The second-order valence-corrected chi connectivity index (χ2v) is 6.85. The van der Waals surface area contributed by atoms with E-state index in [9.17, 15) is 9.90 Å². The van der Waals surface area contributed by atoms with Gasteiger partial charge in [0.05, 0.1) is 11.7 Å². The molecular weight excluding hydrogens is 314 g/mol. The minimum Gasteiger partial charge on any atom is -0.544 e. The van der Waals surface area contributed by atoms with Crippen LogP contribution in [0.25, 0.3) is 10.9 Å². The Labute approximate surface area is 146 Å². The Bertz CT molecular complexity index is 928. The Balaban J connectivity index is 1.83. The number of carboxylic acid groups (broad SMARTS) is 1. The average Bonchev–Trinajstić information content (AvgIpc) is 2.99. The van der Waals surface area contributed by atoms with Crippen LogP contribution in [-0.2, 0) is 11.2 Å². The van der Waals surface area contributed by atoms with E-state index < -0.39 is 12.0 Å². The number of nitrogens with two attached hydrogens (primary N) is 1. The predicted molar refractivity (Wildman–Crippen MR) is 95.3 cm³/mol. The van der Waals surface area contributed by atoms with Gasteiger partial charge in [-0.3, -0.25) is 0 Å². The molecule has 3 N–H and O–H groups in total. The Morgan fingerprint density at radius 2 is 1.88 bits per heavy atom. The van der Waals surface area contributed by atoms with Crippen molar-refractivity contribution >= 4 is 22.6 Å². The summed E-state index contributed by atoms with van der Waals surface area (Å²) in [7, 11) is 4.01. The van der Waals surface area contributed by atoms with Crippen LogP contribution in [0.5, 0.6) is 0 Å². The Kier molecular flexibility index (Phi) is 3.73. The third-order valence-corrected chi connectivity index (χ3v) is 5.08. The zero-order valence-electron chi connectivity index (χ0n) is 14.3. The fraction of sp³-hybridized carbons (Fsp3) is 0.250. The summed E-state index contributed by atoms with van der Waals surface area (Å²) in [5.74, 6) is -1.01. The number of aromatic nitrogens is 1. The molecule has 1 aliphatic rings. The molecule has 5 heteroatoms. The molecular formula is C20H21N3O2. The van der Waals surface area contributed by atoms with E-state index in [0.717, 1.165) is 33.4 Å². The van der Waals surface area contributed by atoms with Gasteiger partial charge in [-0.15, -0.1) is 0 Å². The van der Waals surface area contributed by atoms with Crippen LogP contribution < -0.4 is 15.3 Å². The maximum absolute atomic E-state index is 11.6. The Hall–Kier alpha value is -2.79. The number of fused-ring (bicyclic) bond motifs is 3. The number of rotatable bonds is 3. The zero-order chi connectivity index (χ0) is 17.6. The quantitative estimate of drug-likeness (QED) is 0.734. The first-order valence-corrected chi connectivity index (χ1v) is 8.47. The summed E-state index contributed by atoms with van der Waals surface area (Å²) in [4.78, 5) is 17.1.